The summed E-state index contributed by atoms with van der Waals surface area (Å²) in [5.41, 5.74) is 1.09. The molecule has 0 aliphatic carbocycles. The Labute approximate surface area is 157 Å². The summed E-state index contributed by atoms with van der Waals surface area (Å²) in [5, 5.41) is 10.8. The van der Waals surface area contributed by atoms with Crippen LogP contribution in [0.3, 0.4) is 0 Å². The first-order valence-electron chi connectivity index (χ1n) is 9.49. The normalized spacial score (nSPS) is 23.3. The molecule has 4 rings (SSSR count). The van der Waals surface area contributed by atoms with Crippen molar-refractivity contribution >= 4 is 23.3 Å². The number of imide groups is 1. The summed E-state index contributed by atoms with van der Waals surface area (Å²) in [5.74, 6) is -0.0265. The number of benzene rings is 1. The van der Waals surface area contributed by atoms with Crippen molar-refractivity contribution in [2.24, 2.45) is 0 Å². The number of nitrogens with zero attached hydrogens (tertiary/aromatic N) is 4. The Kier molecular flexibility index (Phi) is 4.69. The lowest BCUT2D eigenvalue weighted by atomic mass is 10.2. The predicted molar refractivity (Wildman–Crippen MR) is 97.7 cm³/mol. The second-order valence-electron chi connectivity index (χ2n) is 7.38. The third-order valence-corrected chi connectivity index (χ3v) is 5.87. The summed E-state index contributed by atoms with van der Waals surface area (Å²) in [4.78, 5) is 41.8. The van der Waals surface area contributed by atoms with Gasteiger partial charge in [-0.25, -0.2) is 4.79 Å². The SMILES string of the molecule is O=C1[C@@H]2CCCN2C(=O)N1CC[NH+]1CCN(c2ccc([N+](=O)[O-])cc2)CC1. The molecule has 0 unspecified atom stereocenters. The number of amides is 3. The van der Waals surface area contributed by atoms with Gasteiger partial charge in [-0.15, -0.1) is 0 Å². The highest BCUT2D eigenvalue weighted by Crippen LogP contribution is 2.26. The van der Waals surface area contributed by atoms with Gasteiger partial charge in [0.1, 0.15) is 6.04 Å². The Bertz CT molecular complexity index is 723. The highest BCUT2D eigenvalue weighted by molar-refractivity contribution is 6.04. The molecule has 9 heteroatoms. The van der Waals surface area contributed by atoms with Crippen LogP contribution in [0.4, 0.5) is 16.2 Å². The minimum absolute atomic E-state index is 0.0265. The number of quaternary nitrogens is 1. The number of carbonyl (C=O) groups excluding carboxylic acids is 2. The molecule has 9 nitrogen and oxygen atoms in total. The summed E-state index contributed by atoms with van der Waals surface area (Å²) in [7, 11) is 0. The van der Waals surface area contributed by atoms with E-state index in [4.69, 9.17) is 0 Å². The van der Waals surface area contributed by atoms with Crippen molar-refractivity contribution in [3.8, 4) is 0 Å². The molecule has 3 heterocycles. The van der Waals surface area contributed by atoms with Gasteiger partial charge in [-0.3, -0.25) is 19.8 Å². The van der Waals surface area contributed by atoms with Gasteiger partial charge in [0, 0.05) is 24.4 Å². The topological polar surface area (TPSA) is 91.4 Å². The van der Waals surface area contributed by atoms with Crippen LogP contribution in [0.2, 0.25) is 0 Å². The molecular weight excluding hydrogens is 350 g/mol. The van der Waals surface area contributed by atoms with Crippen LogP contribution < -0.4 is 9.80 Å². The standard InChI is InChI=1S/C18H23N5O4/c24-17-16-2-1-7-21(16)18(25)22(17)13-10-19-8-11-20(12-9-19)14-3-5-15(6-4-14)23(26)27/h3-6,16H,1-2,7-13H2/p+1/t16-/m0/s1. The fourth-order valence-corrected chi connectivity index (χ4v) is 4.27. The zero-order chi connectivity index (χ0) is 19.0. The minimum Gasteiger partial charge on any atom is -0.360 e. The number of nitrogens with one attached hydrogen (secondary N) is 1. The van der Waals surface area contributed by atoms with Crippen molar-refractivity contribution < 1.29 is 19.4 Å². The van der Waals surface area contributed by atoms with Crippen LogP contribution >= 0.6 is 0 Å². The molecule has 3 aliphatic heterocycles. The zero-order valence-corrected chi connectivity index (χ0v) is 15.2. The Balaban J connectivity index is 1.27. The number of anilines is 1. The van der Waals surface area contributed by atoms with E-state index in [-0.39, 0.29) is 23.7 Å². The zero-order valence-electron chi connectivity index (χ0n) is 15.2. The van der Waals surface area contributed by atoms with Crippen molar-refractivity contribution in [1.29, 1.82) is 0 Å². The molecule has 144 valence electrons. The van der Waals surface area contributed by atoms with E-state index < -0.39 is 4.92 Å². The maximum atomic E-state index is 12.4. The largest absolute Gasteiger partial charge is 0.360 e. The number of fused-ring (bicyclic) bond motifs is 1. The molecule has 1 atom stereocenters. The highest BCUT2D eigenvalue weighted by atomic mass is 16.6. The van der Waals surface area contributed by atoms with Crippen molar-refractivity contribution in [2.45, 2.75) is 18.9 Å². The van der Waals surface area contributed by atoms with Crippen LogP contribution in [0.5, 0.6) is 0 Å². The fraction of sp³-hybridized carbons (Fsp3) is 0.556. The Hall–Kier alpha value is -2.68. The van der Waals surface area contributed by atoms with Gasteiger partial charge >= 0.3 is 6.03 Å². The van der Waals surface area contributed by atoms with Crippen molar-refractivity contribution in [1.82, 2.24) is 9.80 Å². The van der Waals surface area contributed by atoms with Gasteiger partial charge in [0.05, 0.1) is 44.2 Å². The summed E-state index contributed by atoms with van der Waals surface area (Å²) in [6.07, 6.45) is 1.72. The van der Waals surface area contributed by atoms with Crippen molar-refractivity contribution in [3.05, 3.63) is 34.4 Å². The third-order valence-electron chi connectivity index (χ3n) is 5.87. The van der Waals surface area contributed by atoms with Crippen LogP contribution in [0.1, 0.15) is 12.8 Å². The molecule has 3 fully saturated rings. The average Bonchev–Trinajstić information content (AvgIpc) is 3.25. The van der Waals surface area contributed by atoms with E-state index in [1.807, 2.05) is 0 Å². The number of non-ortho nitro benzene ring substituents is 1. The number of piperazine rings is 1. The summed E-state index contributed by atoms with van der Waals surface area (Å²) in [6.45, 7) is 5.49. The number of nitro groups is 1. The number of nitro benzene ring substituents is 1. The second kappa shape index (κ2) is 7.15. The van der Waals surface area contributed by atoms with Gasteiger partial charge in [0.2, 0.25) is 0 Å². The van der Waals surface area contributed by atoms with E-state index in [0.29, 0.717) is 13.1 Å². The maximum absolute atomic E-state index is 12.4. The third kappa shape index (κ3) is 3.34. The van der Waals surface area contributed by atoms with Crippen molar-refractivity contribution in [2.75, 3.05) is 50.7 Å². The summed E-state index contributed by atoms with van der Waals surface area (Å²) < 4.78 is 0. The average molecular weight is 374 g/mol. The van der Waals surface area contributed by atoms with E-state index in [9.17, 15) is 19.7 Å². The minimum atomic E-state index is -0.391. The first kappa shape index (κ1) is 17.7. The Morgan fingerprint density at radius 3 is 2.44 bits per heavy atom. The summed E-state index contributed by atoms with van der Waals surface area (Å²) in [6, 6.07) is 6.31. The van der Waals surface area contributed by atoms with E-state index in [1.54, 1.807) is 17.0 Å². The lowest BCUT2D eigenvalue weighted by molar-refractivity contribution is -0.899. The molecule has 0 saturated carbocycles. The van der Waals surface area contributed by atoms with Crippen LogP contribution in [0, 0.1) is 10.1 Å². The van der Waals surface area contributed by atoms with Crippen molar-refractivity contribution in [3.63, 3.8) is 0 Å². The molecule has 3 aliphatic rings. The molecule has 0 aromatic heterocycles. The van der Waals surface area contributed by atoms with Gasteiger partial charge in [0.25, 0.3) is 11.6 Å². The lowest BCUT2D eigenvalue weighted by Crippen LogP contribution is -3.15. The molecule has 0 bridgehead atoms. The first-order valence-corrected chi connectivity index (χ1v) is 9.49. The lowest BCUT2D eigenvalue weighted by Gasteiger charge is -2.34. The van der Waals surface area contributed by atoms with E-state index >= 15 is 0 Å². The van der Waals surface area contributed by atoms with Gasteiger partial charge in [-0.05, 0) is 25.0 Å². The molecule has 1 N–H and O–H groups in total. The maximum Gasteiger partial charge on any atom is 0.327 e. The molecule has 0 spiro atoms. The molecule has 27 heavy (non-hydrogen) atoms. The monoisotopic (exact) mass is 374 g/mol. The fourth-order valence-electron chi connectivity index (χ4n) is 4.27. The van der Waals surface area contributed by atoms with Gasteiger partial charge in [0.15, 0.2) is 0 Å². The van der Waals surface area contributed by atoms with Crippen LogP contribution in [0.25, 0.3) is 0 Å². The van der Waals surface area contributed by atoms with Gasteiger partial charge in [-0.2, -0.15) is 0 Å². The highest BCUT2D eigenvalue weighted by Gasteiger charge is 2.47. The molecule has 3 saturated heterocycles. The quantitative estimate of drug-likeness (QED) is 0.435. The molecular formula is C18H24N5O4+. The number of hydrogen-bond donors (Lipinski definition) is 1. The van der Waals surface area contributed by atoms with Gasteiger partial charge < -0.3 is 14.7 Å². The van der Waals surface area contributed by atoms with Crippen LogP contribution in [0.15, 0.2) is 24.3 Å². The number of hydrogen-bond acceptors (Lipinski definition) is 5. The van der Waals surface area contributed by atoms with E-state index in [2.05, 4.69) is 4.90 Å². The Morgan fingerprint density at radius 1 is 1.11 bits per heavy atom. The smallest absolute Gasteiger partial charge is 0.327 e. The van der Waals surface area contributed by atoms with E-state index in [1.165, 1.54) is 21.9 Å². The number of urea groups is 1. The van der Waals surface area contributed by atoms with E-state index in [0.717, 1.165) is 51.3 Å². The summed E-state index contributed by atoms with van der Waals surface area (Å²) >= 11 is 0. The predicted octanol–water partition coefficient (Wildman–Crippen LogP) is -0.274. The molecule has 1 aromatic carbocycles. The van der Waals surface area contributed by atoms with Gasteiger partial charge in [-0.1, -0.05) is 0 Å². The first-order chi connectivity index (χ1) is 13.0. The molecule has 3 amide bonds. The number of rotatable bonds is 5. The van der Waals surface area contributed by atoms with Crippen LogP contribution in [-0.2, 0) is 4.79 Å². The molecule has 0 radical (unpaired) electrons. The second-order valence-corrected chi connectivity index (χ2v) is 7.38. The molecule has 1 aromatic rings. The van der Waals surface area contributed by atoms with Crippen LogP contribution in [-0.4, -0.2) is 78.5 Å². The Morgan fingerprint density at radius 2 is 1.81 bits per heavy atom. The number of carbonyl (C=O) groups is 2.